The van der Waals surface area contributed by atoms with E-state index in [9.17, 15) is 9.59 Å². The average Bonchev–Trinajstić information content (AvgIpc) is 2.43. The molecule has 0 atom stereocenters. The molecule has 2 aromatic rings. The number of aromatic nitrogens is 1. The van der Waals surface area contributed by atoms with Gasteiger partial charge in [-0.25, -0.2) is 0 Å². The fourth-order valence-electron chi connectivity index (χ4n) is 1.30. The number of hydrogen-bond donors (Lipinski definition) is 1. The highest BCUT2D eigenvalue weighted by Crippen LogP contribution is 2.16. The zero-order valence-electron chi connectivity index (χ0n) is 7.14. The van der Waals surface area contributed by atoms with Crippen molar-refractivity contribution in [3.05, 3.63) is 33.9 Å². The Hall–Kier alpha value is -1.07. The van der Waals surface area contributed by atoms with Gasteiger partial charge in [-0.2, -0.15) is 0 Å². The molecule has 0 N–H and O–H groups in total. The van der Waals surface area contributed by atoms with Crippen molar-refractivity contribution in [1.82, 2.24) is 4.57 Å². The molecule has 0 fully saturated rings. The fraction of sp³-hybridized carbons (Fsp3) is 0.111. The van der Waals surface area contributed by atoms with E-state index in [1.807, 2.05) is 24.3 Å². The van der Waals surface area contributed by atoms with Gasteiger partial charge in [0, 0.05) is 0 Å². The molecule has 0 bridgehead atoms. The third-order valence-electron chi connectivity index (χ3n) is 1.87. The summed E-state index contributed by atoms with van der Waals surface area (Å²) < 4.78 is 2.34. The number of nitrogens with zero attached hydrogens (tertiary/aromatic N) is 1. The zero-order chi connectivity index (χ0) is 10.1. The van der Waals surface area contributed by atoms with Gasteiger partial charge in [-0.15, -0.1) is 12.6 Å². The molecule has 0 saturated carbocycles. The summed E-state index contributed by atoms with van der Waals surface area (Å²) in [5, 5.41) is -0.310. The minimum Gasteiger partial charge on any atom is -0.290 e. The lowest BCUT2D eigenvalue weighted by atomic mass is 10.3. The van der Waals surface area contributed by atoms with Crippen LogP contribution in [0, 0.1) is 0 Å². The summed E-state index contributed by atoms with van der Waals surface area (Å²) in [7, 11) is 0. The number of rotatable bonds is 2. The summed E-state index contributed by atoms with van der Waals surface area (Å²) in [6, 6.07) is 7.39. The zero-order valence-corrected chi connectivity index (χ0v) is 8.85. The topological polar surface area (TPSA) is 39.1 Å². The molecule has 0 amide bonds. The van der Waals surface area contributed by atoms with E-state index in [-0.39, 0.29) is 16.5 Å². The van der Waals surface area contributed by atoms with Crippen LogP contribution in [0.4, 0.5) is 0 Å². The van der Waals surface area contributed by atoms with Crippen LogP contribution >= 0.6 is 24.0 Å². The molecule has 1 aromatic heterocycles. The maximum Gasteiger partial charge on any atom is 0.308 e. The molecule has 0 spiro atoms. The average molecular weight is 225 g/mol. The van der Waals surface area contributed by atoms with E-state index in [1.165, 1.54) is 4.57 Å². The van der Waals surface area contributed by atoms with E-state index in [0.717, 1.165) is 21.6 Å². The standard InChI is InChI=1S/C9H7NO2S2/c11-8(13)5-10-6-3-1-2-4-7(6)14-9(10)12/h1-4H,5H2,(H,11,13). The van der Waals surface area contributed by atoms with Gasteiger partial charge in [-0.1, -0.05) is 23.5 Å². The molecule has 3 nitrogen and oxygen atoms in total. The van der Waals surface area contributed by atoms with Crippen molar-refractivity contribution < 1.29 is 4.79 Å². The SMILES string of the molecule is O=C(S)Cn1c(=O)sc2ccccc21. The van der Waals surface area contributed by atoms with Crippen molar-refractivity contribution in [3.8, 4) is 0 Å². The Balaban J connectivity index is 2.68. The van der Waals surface area contributed by atoms with Gasteiger partial charge < -0.3 is 0 Å². The van der Waals surface area contributed by atoms with E-state index in [1.54, 1.807) is 0 Å². The van der Waals surface area contributed by atoms with Gasteiger partial charge in [-0.3, -0.25) is 14.2 Å². The summed E-state index contributed by atoms with van der Waals surface area (Å²) >= 11 is 4.81. The molecule has 2 rings (SSSR count). The lowest BCUT2D eigenvalue weighted by Gasteiger charge is -1.97. The van der Waals surface area contributed by atoms with Gasteiger partial charge in [0.1, 0.15) is 0 Å². The number of carbonyl (C=O) groups is 1. The van der Waals surface area contributed by atoms with E-state index in [4.69, 9.17) is 0 Å². The molecule has 72 valence electrons. The smallest absolute Gasteiger partial charge is 0.290 e. The van der Waals surface area contributed by atoms with Gasteiger partial charge in [0.2, 0.25) is 5.12 Å². The van der Waals surface area contributed by atoms with Crippen LogP contribution in [0.2, 0.25) is 0 Å². The van der Waals surface area contributed by atoms with E-state index in [0.29, 0.717) is 0 Å². The predicted octanol–water partition coefficient (Wildman–Crippen LogP) is 1.52. The first-order chi connectivity index (χ1) is 6.68. The molecule has 0 aliphatic heterocycles. The second-order valence-corrected chi connectivity index (χ2v) is 4.31. The summed E-state index contributed by atoms with van der Waals surface area (Å²) in [5.41, 5.74) is 0.796. The molecule has 0 radical (unpaired) electrons. The predicted molar refractivity (Wildman–Crippen MR) is 60.1 cm³/mol. The third-order valence-corrected chi connectivity index (χ3v) is 2.97. The van der Waals surface area contributed by atoms with Gasteiger partial charge in [-0.05, 0) is 12.1 Å². The van der Waals surface area contributed by atoms with Crippen LogP contribution in [-0.2, 0) is 11.3 Å². The first kappa shape index (κ1) is 9.48. The van der Waals surface area contributed by atoms with Gasteiger partial charge in [0.05, 0.1) is 16.8 Å². The maximum atomic E-state index is 11.5. The second-order valence-electron chi connectivity index (χ2n) is 2.82. The minimum atomic E-state index is -0.310. The largest absolute Gasteiger partial charge is 0.308 e. The summed E-state index contributed by atoms with van der Waals surface area (Å²) in [4.78, 5) is 22.2. The van der Waals surface area contributed by atoms with E-state index < -0.39 is 0 Å². The number of fused-ring (bicyclic) bond motifs is 1. The Kier molecular flexibility index (Phi) is 2.43. The van der Waals surface area contributed by atoms with Crippen molar-refractivity contribution in [2.75, 3.05) is 0 Å². The Morgan fingerprint density at radius 1 is 1.43 bits per heavy atom. The first-order valence-corrected chi connectivity index (χ1v) is 5.25. The van der Waals surface area contributed by atoms with Crippen LogP contribution in [0.1, 0.15) is 0 Å². The molecule has 0 aliphatic rings. The van der Waals surface area contributed by atoms with Crippen LogP contribution < -0.4 is 4.87 Å². The summed E-state index contributed by atoms with van der Waals surface area (Å²) in [6.45, 7) is 0.0337. The quantitative estimate of drug-likeness (QED) is 0.787. The van der Waals surface area contributed by atoms with Gasteiger partial charge in [0.25, 0.3) is 0 Å². The number of benzene rings is 1. The number of para-hydroxylation sites is 1. The Bertz CT molecular complexity index is 541. The van der Waals surface area contributed by atoms with Crippen LogP contribution in [0.5, 0.6) is 0 Å². The molecule has 0 aliphatic carbocycles. The van der Waals surface area contributed by atoms with Crippen molar-refractivity contribution in [1.29, 1.82) is 0 Å². The van der Waals surface area contributed by atoms with Crippen molar-refractivity contribution >= 4 is 39.3 Å². The molecular weight excluding hydrogens is 218 g/mol. The molecular formula is C9H7NO2S2. The highest BCUT2D eigenvalue weighted by Gasteiger charge is 2.07. The Morgan fingerprint density at radius 2 is 2.14 bits per heavy atom. The van der Waals surface area contributed by atoms with Crippen LogP contribution in [-0.4, -0.2) is 9.68 Å². The highest BCUT2D eigenvalue weighted by atomic mass is 32.1. The monoisotopic (exact) mass is 225 g/mol. The number of thiol groups is 1. The number of hydrogen-bond acceptors (Lipinski definition) is 3. The number of carbonyl (C=O) groups excluding carboxylic acids is 1. The normalized spacial score (nSPS) is 10.6. The van der Waals surface area contributed by atoms with Crippen molar-refractivity contribution in [2.24, 2.45) is 0 Å². The van der Waals surface area contributed by atoms with E-state index >= 15 is 0 Å². The maximum absolute atomic E-state index is 11.5. The molecule has 1 aromatic carbocycles. The molecule has 0 unspecified atom stereocenters. The Morgan fingerprint density at radius 3 is 2.86 bits per heavy atom. The lowest BCUT2D eigenvalue weighted by molar-refractivity contribution is -0.111. The minimum absolute atomic E-state index is 0.0337. The highest BCUT2D eigenvalue weighted by molar-refractivity contribution is 7.96. The lowest BCUT2D eigenvalue weighted by Crippen LogP contribution is -2.16. The van der Waals surface area contributed by atoms with Crippen LogP contribution in [0.25, 0.3) is 10.2 Å². The fourth-order valence-corrected chi connectivity index (χ4v) is 2.33. The first-order valence-electron chi connectivity index (χ1n) is 3.98. The summed E-state index contributed by atoms with van der Waals surface area (Å²) in [5.74, 6) is 0. The van der Waals surface area contributed by atoms with E-state index in [2.05, 4.69) is 12.6 Å². The van der Waals surface area contributed by atoms with Crippen molar-refractivity contribution in [2.45, 2.75) is 6.54 Å². The Labute approximate surface area is 89.4 Å². The van der Waals surface area contributed by atoms with Crippen LogP contribution in [0.15, 0.2) is 29.1 Å². The molecule has 5 heteroatoms. The second kappa shape index (κ2) is 3.59. The third kappa shape index (κ3) is 1.60. The number of thiazole rings is 1. The molecule has 0 saturated heterocycles. The molecule has 1 heterocycles. The molecule has 14 heavy (non-hydrogen) atoms. The van der Waals surface area contributed by atoms with Gasteiger partial charge >= 0.3 is 4.87 Å². The van der Waals surface area contributed by atoms with Crippen LogP contribution in [0.3, 0.4) is 0 Å². The van der Waals surface area contributed by atoms with Gasteiger partial charge in [0.15, 0.2) is 0 Å². The summed E-state index contributed by atoms with van der Waals surface area (Å²) in [6.07, 6.45) is 0. The van der Waals surface area contributed by atoms with Crippen molar-refractivity contribution in [3.63, 3.8) is 0 Å².